The summed E-state index contributed by atoms with van der Waals surface area (Å²) in [5.74, 6) is 0.266. The molecule has 1 atom stereocenters. The van der Waals surface area contributed by atoms with Crippen molar-refractivity contribution < 1.29 is 27.2 Å². The predicted octanol–water partition coefficient (Wildman–Crippen LogP) is 5.27. The van der Waals surface area contributed by atoms with Crippen LogP contribution in [0.4, 0.5) is 4.79 Å². The number of alkyl carbamates (subject to hydrolysis) is 1. The van der Waals surface area contributed by atoms with E-state index in [1.54, 1.807) is 7.11 Å². The Morgan fingerprint density at radius 2 is 1.67 bits per heavy atom. The number of methoxy groups -OCH3 is 1. The van der Waals surface area contributed by atoms with Crippen molar-refractivity contribution in [2.24, 2.45) is 0 Å². The number of hydrogen-bond donors (Lipinski definition) is 2. The van der Waals surface area contributed by atoms with Gasteiger partial charge in [0.1, 0.15) is 11.9 Å². The summed E-state index contributed by atoms with van der Waals surface area (Å²) >= 11 is 0. The first kappa shape index (κ1) is 26.2. The van der Waals surface area contributed by atoms with E-state index < -0.39 is 28.1 Å². The Morgan fingerprint density at radius 3 is 2.30 bits per heavy atom. The fraction of sp³-hybridized carbons (Fsp3) is 0.682. The second kappa shape index (κ2) is 15.1. The lowest BCUT2D eigenvalue weighted by Crippen LogP contribution is -2.28. The van der Waals surface area contributed by atoms with Crippen molar-refractivity contribution >= 4 is 16.2 Å². The molecule has 0 aliphatic rings. The zero-order valence-corrected chi connectivity index (χ0v) is 19.1. The van der Waals surface area contributed by atoms with Crippen LogP contribution >= 0.6 is 0 Å². The SMILES string of the molecule is CCCCCCCCCCC(OC(=O)NCCCS(=O)(=O)O)c1ccccc1OC. The monoisotopic (exact) mass is 443 g/mol. The summed E-state index contributed by atoms with van der Waals surface area (Å²) < 4.78 is 41.3. The van der Waals surface area contributed by atoms with Gasteiger partial charge in [-0.05, 0) is 25.3 Å². The molecule has 30 heavy (non-hydrogen) atoms. The summed E-state index contributed by atoms with van der Waals surface area (Å²) in [5, 5.41) is 2.55. The van der Waals surface area contributed by atoms with Crippen molar-refractivity contribution in [1.29, 1.82) is 0 Å². The lowest BCUT2D eigenvalue weighted by molar-refractivity contribution is 0.0893. The van der Waals surface area contributed by atoms with Crippen molar-refractivity contribution in [1.82, 2.24) is 5.32 Å². The van der Waals surface area contributed by atoms with Crippen LogP contribution in [-0.2, 0) is 14.9 Å². The Kier molecular flexibility index (Phi) is 13.2. The van der Waals surface area contributed by atoms with E-state index in [0.717, 1.165) is 18.4 Å². The van der Waals surface area contributed by atoms with Gasteiger partial charge in [-0.2, -0.15) is 8.42 Å². The molecule has 1 aromatic carbocycles. The number of hydrogen-bond acceptors (Lipinski definition) is 5. The number of benzene rings is 1. The number of carbonyl (C=O) groups is 1. The second-order valence-electron chi connectivity index (χ2n) is 7.47. The fourth-order valence-corrected chi connectivity index (χ4v) is 3.80. The quantitative estimate of drug-likeness (QED) is 0.266. The molecule has 1 amide bonds. The van der Waals surface area contributed by atoms with E-state index >= 15 is 0 Å². The van der Waals surface area contributed by atoms with E-state index in [0.29, 0.717) is 12.2 Å². The molecule has 2 N–H and O–H groups in total. The van der Waals surface area contributed by atoms with Crippen molar-refractivity contribution in [3.63, 3.8) is 0 Å². The Bertz CT molecular complexity index is 707. The lowest BCUT2D eigenvalue weighted by atomic mass is 10.0. The molecule has 0 saturated carbocycles. The van der Waals surface area contributed by atoms with Gasteiger partial charge in [-0.25, -0.2) is 4.79 Å². The van der Waals surface area contributed by atoms with Gasteiger partial charge in [-0.3, -0.25) is 4.55 Å². The van der Waals surface area contributed by atoms with Crippen LogP contribution in [0, 0.1) is 0 Å². The molecular weight excluding hydrogens is 406 g/mol. The summed E-state index contributed by atoms with van der Waals surface area (Å²) in [6.07, 6.45) is 9.27. The van der Waals surface area contributed by atoms with E-state index in [1.165, 1.54) is 38.5 Å². The van der Waals surface area contributed by atoms with Crippen LogP contribution in [0.3, 0.4) is 0 Å². The number of carbonyl (C=O) groups excluding carboxylic acids is 1. The summed E-state index contributed by atoms with van der Waals surface area (Å²) in [6.45, 7) is 2.32. The van der Waals surface area contributed by atoms with Crippen LogP contribution in [0.15, 0.2) is 24.3 Å². The van der Waals surface area contributed by atoms with E-state index in [2.05, 4.69) is 12.2 Å². The first-order valence-corrected chi connectivity index (χ1v) is 12.5. The molecular formula is C22H37NO6S. The number of rotatable bonds is 16. The van der Waals surface area contributed by atoms with E-state index in [9.17, 15) is 13.2 Å². The molecule has 0 saturated heterocycles. The van der Waals surface area contributed by atoms with Gasteiger partial charge in [0.2, 0.25) is 0 Å². The standard InChI is InChI=1S/C22H37NO6S/c1-3-4-5-6-7-8-9-10-16-21(19-14-11-12-15-20(19)28-2)29-22(24)23-17-13-18-30(25,26)27/h11-12,14-15,21H,3-10,13,16-18H2,1-2H3,(H,23,24)(H,25,26,27). The number of unbranched alkanes of at least 4 members (excludes halogenated alkanes) is 7. The molecule has 1 aromatic rings. The van der Waals surface area contributed by atoms with Gasteiger partial charge in [-0.15, -0.1) is 0 Å². The average molecular weight is 444 g/mol. The third-order valence-corrected chi connectivity index (χ3v) is 5.71. The molecule has 7 nitrogen and oxygen atoms in total. The minimum absolute atomic E-state index is 0.106. The van der Waals surface area contributed by atoms with Gasteiger partial charge in [0.15, 0.2) is 0 Å². The van der Waals surface area contributed by atoms with Gasteiger partial charge < -0.3 is 14.8 Å². The van der Waals surface area contributed by atoms with E-state index in [4.69, 9.17) is 14.0 Å². The average Bonchev–Trinajstić information content (AvgIpc) is 2.71. The molecule has 0 fully saturated rings. The molecule has 0 spiro atoms. The summed E-state index contributed by atoms with van der Waals surface area (Å²) in [4.78, 5) is 12.2. The minimum Gasteiger partial charge on any atom is -0.496 e. The van der Waals surface area contributed by atoms with Crippen LogP contribution in [0.25, 0.3) is 0 Å². The van der Waals surface area contributed by atoms with Gasteiger partial charge in [0, 0.05) is 12.1 Å². The molecule has 8 heteroatoms. The van der Waals surface area contributed by atoms with Crippen molar-refractivity contribution in [3.8, 4) is 5.75 Å². The third-order valence-electron chi connectivity index (χ3n) is 4.90. The molecule has 0 aliphatic heterocycles. The van der Waals surface area contributed by atoms with E-state index in [-0.39, 0.29) is 13.0 Å². The zero-order chi connectivity index (χ0) is 22.2. The van der Waals surface area contributed by atoms with Crippen LogP contribution in [0.5, 0.6) is 5.75 Å². The summed E-state index contributed by atoms with van der Waals surface area (Å²) in [5.41, 5.74) is 0.816. The third kappa shape index (κ3) is 12.0. The second-order valence-corrected chi connectivity index (χ2v) is 9.04. The predicted molar refractivity (Wildman–Crippen MR) is 118 cm³/mol. The van der Waals surface area contributed by atoms with Crippen LogP contribution in [-0.4, -0.2) is 38.5 Å². The molecule has 0 radical (unpaired) electrons. The van der Waals surface area contributed by atoms with Gasteiger partial charge in [0.25, 0.3) is 10.1 Å². The first-order valence-electron chi connectivity index (χ1n) is 10.9. The maximum absolute atomic E-state index is 12.2. The van der Waals surface area contributed by atoms with Crippen molar-refractivity contribution in [3.05, 3.63) is 29.8 Å². The number of nitrogens with one attached hydrogen (secondary N) is 1. The first-order chi connectivity index (χ1) is 14.4. The lowest BCUT2D eigenvalue weighted by Gasteiger charge is -2.21. The van der Waals surface area contributed by atoms with Crippen molar-refractivity contribution in [2.45, 2.75) is 77.2 Å². The van der Waals surface area contributed by atoms with E-state index in [1.807, 2.05) is 24.3 Å². The Morgan fingerprint density at radius 1 is 1.03 bits per heavy atom. The molecule has 172 valence electrons. The van der Waals surface area contributed by atoms with Gasteiger partial charge in [-0.1, -0.05) is 70.1 Å². The zero-order valence-electron chi connectivity index (χ0n) is 18.3. The summed E-state index contributed by atoms with van der Waals surface area (Å²) in [7, 11) is -2.45. The van der Waals surface area contributed by atoms with Crippen LogP contribution in [0.1, 0.15) is 82.8 Å². The maximum atomic E-state index is 12.2. The molecule has 0 heterocycles. The number of ether oxygens (including phenoxy) is 2. The molecule has 0 aromatic heterocycles. The minimum atomic E-state index is -4.03. The van der Waals surface area contributed by atoms with Gasteiger partial charge in [0.05, 0.1) is 12.9 Å². The number of para-hydroxylation sites is 1. The molecule has 0 aliphatic carbocycles. The smallest absolute Gasteiger partial charge is 0.407 e. The Balaban J connectivity index is 2.54. The van der Waals surface area contributed by atoms with Gasteiger partial charge >= 0.3 is 6.09 Å². The molecule has 0 bridgehead atoms. The van der Waals surface area contributed by atoms with Crippen molar-refractivity contribution in [2.75, 3.05) is 19.4 Å². The highest BCUT2D eigenvalue weighted by Gasteiger charge is 2.20. The number of amides is 1. The highest BCUT2D eigenvalue weighted by Crippen LogP contribution is 2.31. The largest absolute Gasteiger partial charge is 0.496 e. The topological polar surface area (TPSA) is 102 Å². The Hall–Kier alpha value is -1.80. The molecule has 1 unspecified atom stereocenters. The summed E-state index contributed by atoms with van der Waals surface area (Å²) in [6, 6.07) is 7.47. The highest BCUT2D eigenvalue weighted by atomic mass is 32.2. The maximum Gasteiger partial charge on any atom is 0.407 e. The van der Waals surface area contributed by atoms with Crippen LogP contribution in [0.2, 0.25) is 0 Å². The molecule has 1 rings (SSSR count). The normalized spacial score (nSPS) is 12.4. The Labute approximate surface area is 181 Å². The van der Waals surface area contributed by atoms with Crippen LogP contribution < -0.4 is 10.1 Å². The fourth-order valence-electron chi connectivity index (χ4n) is 3.29. The highest BCUT2D eigenvalue weighted by molar-refractivity contribution is 7.85.